The van der Waals surface area contributed by atoms with Gasteiger partial charge in [-0.2, -0.15) is 5.10 Å². The van der Waals surface area contributed by atoms with Crippen LogP contribution in [0.15, 0.2) is 42.7 Å². The molecular formula is C18H19N3O2. The van der Waals surface area contributed by atoms with Crippen molar-refractivity contribution in [2.24, 2.45) is 5.41 Å². The first-order chi connectivity index (χ1) is 11.2. The third kappa shape index (κ3) is 2.36. The maximum atomic E-state index is 12.7. The predicted molar refractivity (Wildman–Crippen MR) is 84.6 cm³/mol. The molecule has 0 radical (unpaired) electrons. The summed E-state index contributed by atoms with van der Waals surface area (Å²) < 4.78 is 1.78. The highest BCUT2D eigenvalue weighted by Crippen LogP contribution is 2.47. The number of imide groups is 1. The molecule has 5 nitrogen and oxygen atoms in total. The predicted octanol–water partition coefficient (Wildman–Crippen LogP) is 2.69. The number of amides is 2. The number of aromatic nitrogens is 2. The number of nitrogens with zero attached hydrogens (tertiary/aromatic N) is 3. The van der Waals surface area contributed by atoms with Crippen LogP contribution in [0.25, 0.3) is 5.69 Å². The quantitative estimate of drug-likeness (QED) is 0.819. The van der Waals surface area contributed by atoms with Crippen LogP contribution < -0.4 is 0 Å². The number of hydrogen-bond acceptors (Lipinski definition) is 3. The van der Waals surface area contributed by atoms with E-state index in [1.54, 1.807) is 10.9 Å². The Hall–Kier alpha value is -2.43. The molecule has 2 aliphatic rings. The maximum absolute atomic E-state index is 12.7. The summed E-state index contributed by atoms with van der Waals surface area (Å²) in [5.74, 6) is 0.0178. The number of likely N-dealkylation sites (tertiary alicyclic amines) is 1. The molecule has 0 bridgehead atoms. The van der Waals surface area contributed by atoms with Crippen LogP contribution in [-0.2, 0) is 16.1 Å². The first-order valence-electron chi connectivity index (χ1n) is 8.12. The van der Waals surface area contributed by atoms with E-state index < -0.39 is 0 Å². The highest BCUT2D eigenvalue weighted by molar-refractivity contribution is 6.05. The van der Waals surface area contributed by atoms with Crippen molar-refractivity contribution in [3.05, 3.63) is 48.3 Å². The molecule has 1 aromatic carbocycles. The van der Waals surface area contributed by atoms with E-state index in [9.17, 15) is 9.59 Å². The van der Waals surface area contributed by atoms with E-state index >= 15 is 0 Å². The summed E-state index contributed by atoms with van der Waals surface area (Å²) in [4.78, 5) is 26.4. The molecule has 1 aromatic heterocycles. The highest BCUT2D eigenvalue weighted by Gasteiger charge is 2.52. The number of benzene rings is 1. The van der Waals surface area contributed by atoms with Crippen molar-refractivity contribution in [2.75, 3.05) is 0 Å². The van der Waals surface area contributed by atoms with Gasteiger partial charge in [0.05, 0.1) is 17.6 Å². The fourth-order valence-electron chi connectivity index (χ4n) is 3.82. The molecule has 1 saturated carbocycles. The van der Waals surface area contributed by atoms with Crippen molar-refractivity contribution in [3.8, 4) is 5.69 Å². The van der Waals surface area contributed by atoms with E-state index in [-0.39, 0.29) is 17.2 Å². The van der Waals surface area contributed by atoms with Gasteiger partial charge in [0.2, 0.25) is 11.8 Å². The Morgan fingerprint density at radius 1 is 1.09 bits per heavy atom. The van der Waals surface area contributed by atoms with E-state index in [2.05, 4.69) is 5.10 Å². The Morgan fingerprint density at radius 2 is 1.83 bits per heavy atom. The number of rotatable bonds is 3. The average molecular weight is 309 g/mol. The minimum Gasteiger partial charge on any atom is -0.278 e. The van der Waals surface area contributed by atoms with Crippen LogP contribution in [0, 0.1) is 5.41 Å². The first-order valence-corrected chi connectivity index (χ1v) is 8.12. The molecule has 0 unspecified atom stereocenters. The van der Waals surface area contributed by atoms with Gasteiger partial charge in [0.25, 0.3) is 0 Å². The van der Waals surface area contributed by atoms with Crippen LogP contribution in [0.3, 0.4) is 0 Å². The van der Waals surface area contributed by atoms with Gasteiger partial charge in [-0.1, -0.05) is 25.0 Å². The van der Waals surface area contributed by atoms with Gasteiger partial charge in [-0.15, -0.1) is 0 Å². The van der Waals surface area contributed by atoms with Crippen molar-refractivity contribution in [1.82, 2.24) is 14.7 Å². The maximum Gasteiger partial charge on any atom is 0.236 e. The zero-order chi connectivity index (χ0) is 15.9. The molecule has 2 heterocycles. The van der Waals surface area contributed by atoms with Gasteiger partial charge in [-0.25, -0.2) is 4.68 Å². The van der Waals surface area contributed by atoms with E-state index in [1.165, 1.54) is 4.90 Å². The van der Waals surface area contributed by atoms with Gasteiger partial charge >= 0.3 is 0 Å². The van der Waals surface area contributed by atoms with E-state index in [0.29, 0.717) is 13.0 Å². The first kappa shape index (κ1) is 14.2. The monoisotopic (exact) mass is 309 g/mol. The summed E-state index contributed by atoms with van der Waals surface area (Å²) in [5.41, 5.74) is 1.55. The minimum absolute atomic E-state index is 0.0203. The summed E-state index contributed by atoms with van der Waals surface area (Å²) in [5, 5.41) is 4.19. The van der Waals surface area contributed by atoms with Crippen molar-refractivity contribution in [3.63, 3.8) is 0 Å². The largest absolute Gasteiger partial charge is 0.278 e. The summed E-state index contributed by atoms with van der Waals surface area (Å²) >= 11 is 0. The van der Waals surface area contributed by atoms with Crippen molar-refractivity contribution in [2.45, 2.75) is 38.6 Å². The van der Waals surface area contributed by atoms with E-state index in [0.717, 1.165) is 36.9 Å². The summed E-state index contributed by atoms with van der Waals surface area (Å²) in [6.07, 6.45) is 7.87. The van der Waals surface area contributed by atoms with Crippen LogP contribution in [0.5, 0.6) is 0 Å². The third-order valence-corrected chi connectivity index (χ3v) is 5.10. The topological polar surface area (TPSA) is 55.2 Å². The molecule has 2 fully saturated rings. The zero-order valence-corrected chi connectivity index (χ0v) is 12.9. The van der Waals surface area contributed by atoms with Gasteiger partial charge in [0.1, 0.15) is 0 Å². The molecule has 0 atom stereocenters. The van der Waals surface area contributed by atoms with Crippen LogP contribution in [0.4, 0.5) is 0 Å². The summed E-state index contributed by atoms with van der Waals surface area (Å²) in [6, 6.07) is 9.70. The third-order valence-electron chi connectivity index (χ3n) is 5.10. The SMILES string of the molecule is O=C1CC2(CCCC2)C(=O)N1Cc1ccc(-n2cccn2)cc1. The van der Waals surface area contributed by atoms with Crippen LogP contribution in [-0.4, -0.2) is 26.5 Å². The van der Waals surface area contributed by atoms with Crippen LogP contribution in [0.1, 0.15) is 37.7 Å². The smallest absolute Gasteiger partial charge is 0.236 e. The highest BCUT2D eigenvalue weighted by atomic mass is 16.2. The summed E-state index contributed by atoms with van der Waals surface area (Å²) in [6.45, 7) is 0.374. The zero-order valence-electron chi connectivity index (χ0n) is 12.9. The Balaban J connectivity index is 1.52. The number of carbonyl (C=O) groups is 2. The van der Waals surface area contributed by atoms with Crippen molar-refractivity contribution in [1.29, 1.82) is 0 Å². The number of carbonyl (C=O) groups excluding carboxylic acids is 2. The second-order valence-electron chi connectivity index (χ2n) is 6.57. The molecule has 23 heavy (non-hydrogen) atoms. The minimum atomic E-state index is -0.383. The Labute approximate surface area is 134 Å². The molecular weight excluding hydrogens is 290 g/mol. The molecule has 5 heteroatoms. The lowest BCUT2D eigenvalue weighted by atomic mass is 9.84. The molecule has 2 aromatic rings. The van der Waals surface area contributed by atoms with Crippen LogP contribution >= 0.6 is 0 Å². The Bertz CT molecular complexity index is 728. The molecule has 2 amide bonds. The molecule has 1 saturated heterocycles. The van der Waals surface area contributed by atoms with Crippen LogP contribution in [0.2, 0.25) is 0 Å². The second-order valence-corrected chi connectivity index (χ2v) is 6.57. The average Bonchev–Trinajstić information content (AvgIpc) is 3.28. The Morgan fingerprint density at radius 3 is 2.48 bits per heavy atom. The summed E-state index contributed by atoms with van der Waals surface area (Å²) in [7, 11) is 0. The molecule has 1 aliphatic heterocycles. The lowest BCUT2D eigenvalue weighted by molar-refractivity contribution is -0.142. The van der Waals surface area contributed by atoms with Gasteiger partial charge in [0.15, 0.2) is 0 Å². The molecule has 4 rings (SSSR count). The van der Waals surface area contributed by atoms with Gasteiger partial charge < -0.3 is 0 Å². The standard InChI is InChI=1S/C18H19N3O2/c22-16-12-18(8-1-2-9-18)17(23)20(16)13-14-4-6-15(7-5-14)21-11-3-10-19-21/h3-7,10-11H,1-2,8-9,12-13H2. The lowest BCUT2D eigenvalue weighted by Crippen LogP contribution is -2.33. The van der Waals surface area contributed by atoms with Gasteiger partial charge in [-0.3, -0.25) is 14.5 Å². The van der Waals surface area contributed by atoms with Gasteiger partial charge in [-0.05, 0) is 36.6 Å². The second kappa shape index (κ2) is 5.33. The van der Waals surface area contributed by atoms with Crippen molar-refractivity contribution >= 4 is 11.8 Å². The lowest BCUT2D eigenvalue weighted by Gasteiger charge is -2.21. The molecule has 118 valence electrons. The number of hydrogen-bond donors (Lipinski definition) is 0. The fourth-order valence-corrected chi connectivity index (χ4v) is 3.82. The van der Waals surface area contributed by atoms with E-state index in [1.807, 2.05) is 36.5 Å². The molecule has 0 N–H and O–H groups in total. The van der Waals surface area contributed by atoms with Crippen molar-refractivity contribution < 1.29 is 9.59 Å². The molecule has 1 aliphatic carbocycles. The molecule has 1 spiro atoms. The Kier molecular flexibility index (Phi) is 3.29. The fraction of sp³-hybridized carbons (Fsp3) is 0.389. The van der Waals surface area contributed by atoms with E-state index in [4.69, 9.17) is 0 Å². The van der Waals surface area contributed by atoms with Gasteiger partial charge in [0, 0.05) is 18.8 Å². The normalized spacial score (nSPS) is 19.9.